The van der Waals surface area contributed by atoms with Crippen molar-refractivity contribution in [3.63, 3.8) is 0 Å². The maximum Gasteiger partial charge on any atom is 0.150 e. The molecule has 0 radical (unpaired) electrons. The van der Waals surface area contributed by atoms with E-state index >= 15 is 0 Å². The lowest BCUT2D eigenvalue weighted by Crippen LogP contribution is -2.20. The number of hydrogen-bond donors (Lipinski definition) is 0. The molecule has 94 valence electrons. The molecule has 17 heavy (non-hydrogen) atoms. The van der Waals surface area contributed by atoms with Gasteiger partial charge in [-0.15, -0.1) is 0 Å². The van der Waals surface area contributed by atoms with Crippen LogP contribution in [-0.4, -0.2) is 9.55 Å². The molecule has 1 saturated carbocycles. The molecule has 0 N–H and O–H groups in total. The van der Waals surface area contributed by atoms with Gasteiger partial charge in [-0.25, -0.2) is 4.98 Å². The Morgan fingerprint density at radius 1 is 1.18 bits per heavy atom. The lowest BCUT2D eigenvalue weighted by molar-refractivity contribution is 0.374. The summed E-state index contributed by atoms with van der Waals surface area (Å²) in [5, 5.41) is 0.775. The Kier molecular flexibility index (Phi) is 3.16. The van der Waals surface area contributed by atoms with Crippen molar-refractivity contribution in [1.29, 1.82) is 0 Å². The summed E-state index contributed by atoms with van der Waals surface area (Å²) >= 11 is 6.32. The summed E-state index contributed by atoms with van der Waals surface area (Å²) in [7, 11) is 0. The van der Waals surface area contributed by atoms with Crippen LogP contribution in [0.1, 0.15) is 62.9 Å². The van der Waals surface area contributed by atoms with Crippen molar-refractivity contribution < 1.29 is 0 Å². The molecule has 1 aliphatic heterocycles. The van der Waals surface area contributed by atoms with Gasteiger partial charge in [-0.1, -0.05) is 37.8 Å². The van der Waals surface area contributed by atoms with E-state index in [9.17, 15) is 0 Å². The van der Waals surface area contributed by atoms with Crippen LogP contribution in [0.5, 0.6) is 0 Å². The molecule has 0 bridgehead atoms. The van der Waals surface area contributed by atoms with E-state index in [1.807, 2.05) is 0 Å². The minimum absolute atomic E-state index is 0.670. The van der Waals surface area contributed by atoms with Crippen LogP contribution < -0.4 is 0 Å². The van der Waals surface area contributed by atoms with Crippen LogP contribution in [0.3, 0.4) is 0 Å². The van der Waals surface area contributed by atoms with Gasteiger partial charge in [-0.3, -0.25) is 0 Å². The first-order valence-electron chi connectivity index (χ1n) is 7.00. The summed E-state index contributed by atoms with van der Waals surface area (Å²) in [6.45, 7) is 3.44. The minimum Gasteiger partial charge on any atom is -0.330 e. The molecule has 2 nitrogen and oxygen atoms in total. The fraction of sp³-hybridized carbons (Fsp3) is 0.786. The molecule has 1 aromatic heterocycles. The van der Waals surface area contributed by atoms with Crippen molar-refractivity contribution in [2.45, 2.75) is 64.3 Å². The average Bonchev–Trinajstić information content (AvgIpc) is 2.68. The van der Waals surface area contributed by atoms with Crippen molar-refractivity contribution in [3.8, 4) is 0 Å². The lowest BCUT2D eigenvalue weighted by atomic mass is 9.88. The summed E-state index contributed by atoms with van der Waals surface area (Å²) < 4.78 is 2.43. The SMILES string of the molecule is CC1CCn2c(C3CCCCC3)nc(Cl)c2C1. The second-order valence-corrected chi connectivity index (χ2v) is 6.15. The number of hydrogen-bond acceptors (Lipinski definition) is 1. The quantitative estimate of drug-likeness (QED) is 0.734. The first kappa shape index (κ1) is 11.6. The first-order chi connectivity index (χ1) is 8.25. The molecule has 2 heterocycles. The minimum atomic E-state index is 0.670. The molecule has 3 rings (SSSR count). The highest BCUT2D eigenvalue weighted by Crippen LogP contribution is 2.36. The van der Waals surface area contributed by atoms with Crippen molar-refractivity contribution in [1.82, 2.24) is 9.55 Å². The van der Waals surface area contributed by atoms with Gasteiger partial charge in [0.05, 0.1) is 5.69 Å². The average molecular weight is 253 g/mol. The molecule has 1 fully saturated rings. The second kappa shape index (κ2) is 4.64. The van der Waals surface area contributed by atoms with Crippen molar-refractivity contribution >= 4 is 11.6 Å². The van der Waals surface area contributed by atoms with E-state index < -0.39 is 0 Å². The van der Waals surface area contributed by atoms with Gasteiger partial charge < -0.3 is 4.57 Å². The monoisotopic (exact) mass is 252 g/mol. The van der Waals surface area contributed by atoms with Crippen LogP contribution in [0, 0.1) is 5.92 Å². The molecule has 0 spiro atoms. The van der Waals surface area contributed by atoms with Crippen LogP contribution in [-0.2, 0) is 13.0 Å². The first-order valence-corrected chi connectivity index (χ1v) is 7.38. The predicted octanol–water partition coefficient (Wildman–Crippen LogP) is 4.17. The smallest absolute Gasteiger partial charge is 0.150 e. The second-order valence-electron chi connectivity index (χ2n) is 5.79. The zero-order chi connectivity index (χ0) is 11.8. The molecule has 1 atom stereocenters. The van der Waals surface area contributed by atoms with Crippen LogP contribution in [0.15, 0.2) is 0 Å². The molecule has 0 saturated heterocycles. The Morgan fingerprint density at radius 2 is 1.94 bits per heavy atom. The Bertz CT molecular complexity index is 405. The van der Waals surface area contributed by atoms with Crippen molar-refractivity contribution in [2.24, 2.45) is 5.92 Å². The fourth-order valence-corrected chi connectivity index (χ4v) is 3.64. The summed E-state index contributed by atoms with van der Waals surface area (Å²) in [6, 6.07) is 0. The predicted molar refractivity (Wildman–Crippen MR) is 70.5 cm³/mol. The highest BCUT2D eigenvalue weighted by atomic mass is 35.5. The van der Waals surface area contributed by atoms with E-state index in [0.29, 0.717) is 5.92 Å². The molecule has 1 unspecified atom stereocenters. The lowest BCUT2D eigenvalue weighted by Gasteiger charge is -2.26. The summed E-state index contributed by atoms with van der Waals surface area (Å²) in [6.07, 6.45) is 9.12. The molecular weight excluding hydrogens is 232 g/mol. The van der Waals surface area contributed by atoms with Gasteiger partial charge in [0.2, 0.25) is 0 Å². The third-order valence-electron chi connectivity index (χ3n) is 4.41. The zero-order valence-electron chi connectivity index (χ0n) is 10.6. The van der Waals surface area contributed by atoms with Gasteiger partial charge in [-0.2, -0.15) is 0 Å². The zero-order valence-corrected chi connectivity index (χ0v) is 11.3. The number of nitrogens with zero attached hydrogens (tertiary/aromatic N) is 2. The van der Waals surface area contributed by atoms with Crippen molar-refractivity contribution in [2.75, 3.05) is 0 Å². The molecule has 0 aromatic carbocycles. The van der Waals surface area contributed by atoms with E-state index in [0.717, 1.165) is 24.0 Å². The Hall–Kier alpha value is -0.500. The van der Waals surface area contributed by atoms with Crippen LogP contribution in [0.2, 0.25) is 5.15 Å². The fourth-order valence-electron chi connectivity index (χ4n) is 3.37. The van der Waals surface area contributed by atoms with Crippen LogP contribution in [0.25, 0.3) is 0 Å². The Balaban J connectivity index is 1.92. The largest absolute Gasteiger partial charge is 0.330 e. The van der Waals surface area contributed by atoms with Gasteiger partial charge in [-0.05, 0) is 31.6 Å². The summed E-state index contributed by atoms with van der Waals surface area (Å²) in [5.74, 6) is 2.72. The summed E-state index contributed by atoms with van der Waals surface area (Å²) in [5.41, 5.74) is 1.30. The van der Waals surface area contributed by atoms with Gasteiger partial charge in [0.1, 0.15) is 5.82 Å². The highest BCUT2D eigenvalue weighted by Gasteiger charge is 2.27. The molecule has 3 heteroatoms. The molecule has 1 aromatic rings. The van der Waals surface area contributed by atoms with Gasteiger partial charge in [0.25, 0.3) is 0 Å². The van der Waals surface area contributed by atoms with E-state index in [1.54, 1.807) is 0 Å². The third-order valence-corrected chi connectivity index (χ3v) is 4.71. The van der Waals surface area contributed by atoms with Gasteiger partial charge >= 0.3 is 0 Å². The van der Waals surface area contributed by atoms with Crippen LogP contribution in [0.4, 0.5) is 0 Å². The Labute approximate surface area is 108 Å². The maximum absolute atomic E-state index is 6.32. The van der Waals surface area contributed by atoms with E-state index in [2.05, 4.69) is 16.5 Å². The molecular formula is C14H21ClN2. The molecule has 1 aliphatic carbocycles. The Morgan fingerprint density at radius 3 is 2.71 bits per heavy atom. The summed E-state index contributed by atoms with van der Waals surface area (Å²) in [4.78, 5) is 4.68. The normalized spacial score (nSPS) is 25.9. The molecule has 0 amide bonds. The van der Waals surface area contributed by atoms with Gasteiger partial charge in [0.15, 0.2) is 5.15 Å². The standard InChI is InChI=1S/C14H21ClN2/c1-10-7-8-17-12(9-10)13(15)16-14(17)11-5-3-2-4-6-11/h10-11H,2-9H2,1H3. The highest BCUT2D eigenvalue weighted by molar-refractivity contribution is 6.30. The number of fused-ring (bicyclic) bond motifs is 1. The van der Waals surface area contributed by atoms with E-state index in [1.165, 1.54) is 50.0 Å². The number of imidazole rings is 1. The van der Waals surface area contributed by atoms with E-state index in [4.69, 9.17) is 11.6 Å². The number of halogens is 1. The third kappa shape index (κ3) is 2.12. The van der Waals surface area contributed by atoms with Gasteiger partial charge in [0, 0.05) is 12.5 Å². The maximum atomic E-state index is 6.32. The van der Waals surface area contributed by atoms with Crippen molar-refractivity contribution in [3.05, 3.63) is 16.7 Å². The van der Waals surface area contributed by atoms with Crippen LogP contribution >= 0.6 is 11.6 Å². The topological polar surface area (TPSA) is 17.8 Å². The number of rotatable bonds is 1. The molecule has 2 aliphatic rings. The van der Waals surface area contributed by atoms with E-state index in [-0.39, 0.29) is 0 Å². The number of aromatic nitrogens is 2.